The van der Waals surface area contributed by atoms with Crippen LogP contribution in [0, 0.1) is 20.8 Å². The molecule has 0 unspecified atom stereocenters. The standard InChI is InChI=1S/C17H24N4S/c1-5-10-18-17(22)19-16-13(3)20-21(14(16)4)11-15-8-6-12(2)7-9-15/h6-9H,5,10-11H2,1-4H3,(H2,18,19,22). The van der Waals surface area contributed by atoms with Crippen LogP contribution >= 0.6 is 12.2 Å². The maximum absolute atomic E-state index is 5.31. The molecule has 2 N–H and O–H groups in total. The molecule has 1 aromatic carbocycles. The Morgan fingerprint density at radius 3 is 2.50 bits per heavy atom. The van der Waals surface area contributed by atoms with Gasteiger partial charge in [-0.25, -0.2) is 0 Å². The van der Waals surface area contributed by atoms with E-state index in [4.69, 9.17) is 12.2 Å². The van der Waals surface area contributed by atoms with Gasteiger partial charge in [0.25, 0.3) is 0 Å². The lowest BCUT2D eigenvalue weighted by molar-refractivity contribution is 0.659. The van der Waals surface area contributed by atoms with Crippen LogP contribution in [0.1, 0.15) is 35.9 Å². The minimum atomic E-state index is 0.655. The molecular weight excluding hydrogens is 292 g/mol. The van der Waals surface area contributed by atoms with Gasteiger partial charge in [-0.1, -0.05) is 36.8 Å². The molecule has 0 spiro atoms. The highest BCUT2D eigenvalue weighted by Gasteiger charge is 2.12. The van der Waals surface area contributed by atoms with Gasteiger partial charge in [0.2, 0.25) is 0 Å². The molecule has 0 saturated heterocycles. The molecule has 2 aromatic rings. The van der Waals surface area contributed by atoms with Crippen LogP contribution in [-0.2, 0) is 6.54 Å². The first kappa shape index (κ1) is 16.5. The fraction of sp³-hybridized carbons (Fsp3) is 0.412. The lowest BCUT2D eigenvalue weighted by Crippen LogP contribution is -2.29. The van der Waals surface area contributed by atoms with Gasteiger partial charge in [-0.05, 0) is 45.0 Å². The van der Waals surface area contributed by atoms with Crippen molar-refractivity contribution >= 4 is 23.0 Å². The highest BCUT2D eigenvalue weighted by atomic mass is 32.1. The molecule has 0 radical (unpaired) electrons. The largest absolute Gasteiger partial charge is 0.362 e. The first-order chi connectivity index (χ1) is 10.5. The number of hydrogen-bond donors (Lipinski definition) is 2. The summed E-state index contributed by atoms with van der Waals surface area (Å²) in [6.07, 6.45) is 1.05. The van der Waals surface area contributed by atoms with E-state index >= 15 is 0 Å². The van der Waals surface area contributed by atoms with Crippen LogP contribution in [0.15, 0.2) is 24.3 Å². The number of aromatic nitrogens is 2. The van der Waals surface area contributed by atoms with Gasteiger partial charge >= 0.3 is 0 Å². The molecule has 0 aliphatic heterocycles. The van der Waals surface area contributed by atoms with Crippen molar-refractivity contribution < 1.29 is 0 Å². The Kier molecular flexibility index (Phi) is 5.55. The van der Waals surface area contributed by atoms with Crippen molar-refractivity contribution in [2.45, 2.75) is 40.7 Å². The summed E-state index contributed by atoms with van der Waals surface area (Å²) in [5, 5.41) is 11.7. The van der Waals surface area contributed by atoms with Crippen molar-refractivity contribution in [2.75, 3.05) is 11.9 Å². The summed E-state index contributed by atoms with van der Waals surface area (Å²) in [6, 6.07) is 8.55. The van der Waals surface area contributed by atoms with Crippen molar-refractivity contribution in [1.82, 2.24) is 15.1 Å². The van der Waals surface area contributed by atoms with Gasteiger partial charge in [0.15, 0.2) is 5.11 Å². The maximum atomic E-state index is 5.31. The molecule has 0 aliphatic rings. The molecule has 5 heteroatoms. The van der Waals surface area contributed by atoms with Crippen LogP contribution in [0.25, 0.3) is 0 Å². The van der Waals surface area contributed by atoms with Crippen LogP contribution in [0.4, 0.5) is 5.69 Å². The average Bonchev–Trinajstić information content (AvgIpc) is 2.75. The average molecular weight is 316 g/mol. The van der Waals surface area contributed by atoms with Crippen molar-refractivity contribution in [3.05, 3.63) is 46.8 Å². The zero-order valence-electron chi connectivity index (χ0n) is 13.7. The number of rotatable bonds is 5. The molecule has 22 heavy (non-hydrogen) atoms. The molecule has 0 saturated carbocycles. The minimum Gasteiger partial charge on any atom is -0.362 e. The number of benzene rings is 1. The molecule has 1 aromatic heterocycles. The highest BCUT2D eigenvalue weighted by molar-refractivity contribution is 7.80. The Morgan fingerprint density at radius 1 is 1.18 bits per heavy atom. The summed E-state index contributed by atoms with van der Waals surface area (Å²) in [4.78, 5) is 0. The SMILES string of the molecule is CCCNC(=S)Nc1c(C)nn(Cc2ccc(C)cc2)c1C. The third-order valence-corrected chi connectivity index (χ3v) is 3.85. The first-order valence-electron chi connectivity index (χ1n) is 7.65. The lowest BCUT2D eigenvalue weighted by Gasteiger charge is -2.10. The van der Waals surface area contributed by atoms with E-state index < -0.39 is 0 Å². The topological polar surface area (TPSA) is 41.9 Å². The van der Waals surface area contributed by atoms with E-state index in [1.54, 1.807) is 0 Å². The minimum absolute atomic E-state index is 0.655. The van der Waals surface area contributed by atoms with Gasteiger partial charge in [-0.15, -0.1) is 0 Å². The number of thiocarbonyl (C=S) groups is 1. The van der Waals surface area contributed by atoms with Crippen molar-refractivity contribution in [2.24, 2.45) is 0 Å². The van der Waals surface area contributed by atoms with Gasteiger partial charge in [0.05, 0.1) is 23.6 Å². The number of anilines is 1. The summed E-state index contributed by atoms with van der Waals surface area (Å²) in [5.41, 5.74) is 5.57. The van der Waals surface area contributed by atoms with E-state index in [2.05, 4.69) is 60.8 Å². The summed E-state index contributed by atoms with van der Waals surface area (Å²) < 4.78 is 2.02. The fourth-order valence-electron chi connectivity index (χ4n) is 2.29. The van der Waals surface area contributed by atoms with Gasteiger partial charge in [0.1, 0.15) is 0 Å². The Balaban J connectivity index is 2.12. The van der Waals surface area contributed by atoms with E-state index in [1.807, 2.05) is 11.6 Å². The number of aryl methyl sites for hydroxylation is 2. The molecule has 0 fully saturated rings. The predicted octanol–water partition coefficient (Wildman–Crippen LogP) is 3.55. The molecule has 2 rings (SSSR count). The molecule has 118 valence electrons. The van der Waals surface area contributed by atoms with Crippen LogP contribution in [0.2, 0.25) is 0 Å². The zero-order valence-corrected chi connectivity index (χ0v) is 14.5. The normalized spacial score (nSPS) is 10.5. The number of nitrogens with one attached hydrogen (secondary N) is 2. The summed E-state index contributed by atoms with van der Waals surface area (Å²) >= 11 is 5.31. The second kappa shape index (κ2) is 7.40. The molecule has 0 atom stereocenters. The third-order valence-electron chi connectivity index (χ3n) is 3.61. The van der Waals surface area contributed by atoms with E-state index in [9.17, 15) is 0 Å². The van der Waals surface area contributed by atoms with Crippen LogP contribution in [0.5, 0.6) is 0 Å². The fourth-order valence-corrected chi connectivity index (χ4v) is 2.50. The maximum Gasteiger partial charge on any atom is 0.170 e. The monoisotopic (exact) mass is 316 g/mol. The summed E-state index contributed by atoms with van der Waals surface area (Å²) in [5.74, 6) is 0. The first-order valence-corrected chi connectivity index (χ1v) is 8.06. The van der Waals surface area contributed by atoms with Crippen molar-refractivity contribution in [3.63, 3.8) is 0 Å². The van der Waals surface area contributed by atoms with Crippen LogP contribution in [0.3, 0.4) is 0 Å². The molecule has 4 nitrogen and oxygen atoms in total. The molecule has 0 aliphatic carbocycles. The van der Waals surface area contributed by atoms with Gasteiger partial charge in [-0.2, -0.15) is 5.10 Å². The summed E-state index contributed by atoms with van der Waals surface area (Å²) in [6.45, 7) is 9.93. The van der Waals surface area contributed by atoms with Gasteiger partial charge in [-0.3, -0.25) is 4.68 Å². The molecule has 0 bridgehead atoms. The zero-order chi connectivity index (χ0) is 16.1. The predicted molar refractivity (Wildman–Crippen MR) is 96.5 cm³/mol. The van der Waals surface area contributed by atoms with E-state index in [0.717, 1.165) is 36.6 Å². The quantitative estimate of drug-likeness (QED) is 0.828. The van der Waals surface area contributed by atoms with Crippen molar-refractivity contribution in [1.29, 1.82) is 0 Å². The number of hydrogen-bond acceptors (Lipinski definition) is 2. The Hall–Kier alpha value is -1.88. The second-order valence-electron chi connectivity index (χ2n) is 5.57. The van der Waals surface area contributed by atoms with Crippen LogP contribution < -0.4 is 10.6 Å². The van der Waals surface area contributed by atoms with Gasteiger partial charge < -0.3 is 10.6 Å². The van der Waals surface area contributed by atoms with E-state index in [1.165, 1.54) is 11.1 Å². The van der Waals surface area contributed by atoms with Gasteiger partial charge in [0, 0.05) is 6.54 Å². The Bertz CT molecular complexity index is 643. The third kappa shape index (κ3) is 4.07. The molecule has 0 amide bonds. The smallest absolute Gasteiger partial charge is 0.170 e. The molecule has 1 heterocycles. The highest BCUT2D eigenvalue weighted by Crippen LogP contribution is 2.20. The lowest BCUT2D eigenvalue weighted by atomic mass is 10.1. The summed E-state index contributed by atoms with van der Waals surface area (Å²) in [7, 11) is 0. The van der Waals surface area contributed by atoms with E-state index in [-0.39, 0.29) is 0 Å². The second-order valence-corrected chi connectivity index (χ2v) is 5.98. The van der Waals surface area contributed by atoms with Crippen LogP contribution in [-0.4, -0.2) is 21.4 Å². The Labute approximate surface area is 137 Å². The number of nitrogens with zero attached hydrogens (tertiary/aromatic N) is 2. The molecular formula is C17H24N4S. The van der Waals surface area contributed by atoms with Crippen molar-refractivity contribution in [3.8, 4) is 0 Å². The Morgan fingerprint density at radius 2 is 1.86 bits per heavy atom. The van der Waals surface area contributed by atoms with E-state index in [0.29, 0.717) is 5.11 Å².